The minimum atomic E-state index is -1.21. The van der Waals surface area contributed by atoms with Crippen molar-refractivity contribution < 1.29 is 24.2 Å². The Kier molecular flexibility index (Phi) is 4.68. The lowest BCUT2D eigenvalue weighted by Crippen LogP contribution is -2.53. The first-order chi connectivity index (χ1) is 11.1. The van der Waals surface area contributed by atoms with E-state index < -0.39 is 29.7 Å². The Bertz CT molecular complexity index is 668. The number of anilines is 2. The molecule has 8 heteroatoms. The number of para-hydroxylation sites is 2. The molecule has 0 fully saturated rings. The van der Waals surface area contributed by atoms with Crippen molar-refractivity contribution in [2.45, 2.75) is 32.4 Å². The van der Waals surface area contributed by atoms with Crippen LogP contribution in [0, 0.1) is 0 Å². The molecule has 8 nitrogen and oxygen atoms in total. The summed E-state index contributed by atoms with van der Waals surface area (Å²) >= 11 is 0. The van der Waals surface area contributed by atoms with E-state index in [1.807, 2.05) is 0 Å². The maximum absolute atomic E-state index is 12.6. The minimum absolute atomic E-state index is 0.200. The van der Waals surface area contributed by atoms with E-state index in [1.54, 1.807) is 45.0 Å². The second-order valence-electron chi connectivity index (χ2n) is 6.48. The predicted molar refractivity (Wildman–Crippen MR) is 88.4 cm³/mol. The van der Waals surface area contributed by atoms with E-state index in [0.29, 0.717) is 11.4 Å². The van der Waals surface area contributed by atoms with Gasteiger partial charge in [0, 0.05) is 7.05 Å². The van der Waals surface area contributed by atoms with Crippen molar-refractivity contribution in [1.82, 2.24) is 5.32 Å². The fraction of sp³-hybridized carbons (Fsp3) is 0.438. The molecule has 0 aromatic heterocycles. The largest absolute Gasteiger partial charge is 0.465 e. The van der Waals surface area contributed by atoms with E-state index in [-0.39, 0.29) is 6.54 Å². The number of nitrogens with zero attached hydrogens (tertiary/aromatic N) is 2. The van der Waals surface area contributed by atoms with Gasteiger partial charge in [-0.1, -0.05) is 12.1 Å². The zero-order valence-electron chi connectivity index (χ0n) is 14.1. The van der Waals surface area contributed by atoms with Crippen LogP contribution in [0.4, 0.5) is 21.0 Å². The molecule has 0 unspecified atom stereocenters. The third-order valence-electron chi connectivity index (χ3n) is 3.45. The van der Waals surface area contributed by atoms with Gasteiger partial charge in [-0.05, 0) is 32.9 Å². The van der Waals surface area contributed by atoms with Crippen molar-refractivity contribution in [2.24, 2.45) is 0 Å². The van der Waals surface area contributed by atoms with E-state index in [1.165, 1.54) is 11.9 Å². The Balaban J connectivity index is 2.31. The number of fused-ring (bicyclic) bond motifs is 1. The summed E-state index contributed by atoms with van der Waals surface area (Å²) in [5, 5.41) is 11.9. The number of amides is 3. The number of likely N-dealkylation sites (N-methyl/N-ethyl adjacent to an activating group) is 1. The number of alkyl carbamates (subject to hydrolysis) is 1. The molecule has 1 heterocycles. The summed E-state index contributed by atoms with van der Waals surface area (Å²) in [7, 11) is 1.54. The van der Waals surface area contributed by atoms with E-state index in [4.69, 9.17) is 4.74 Å². The molecule has 0 saturated carbocycles. The Morgan fingerprint density at radius 1 is 1.25 bits per heavy atom. The number of carbonyl (C=O) groups is 3. The van der Waals surface area contributed by atoms with Gasteiger partial charge < -0.3 is 20.1 Å². The smallest absolute Gasteiger partial charge is 0.411 e. The molecule has 24 heavy (non-hydrogen) atoms. The number of nitrogens with one attached hydrogen (secondary N) is 1. The average Bonchev–Trinajstić information content (AvgIpc) is 2.56. The van der Waals surface area contributed by atoms with Crippen LogP contribution >= 0.6 is 0 Å². The summed E-state index contributed by atoms with van der Waals surface area (Å²) in [4.78, 5) is 38.6. The number of hydrogen-bond donors (Lipinski definition) is 2. The van der Waals surface area contributed by atoms with Crippen LogP contribution in [0.3, 0.4) is 0 Å². The number of ether oxygens (including phenoxy) is 1. The molecule has 1 aromatic rings. The number of carbonyl (C=O) groups excluding carboxylic acids is 2. The van der Waals surface area contributed by atoms with Gasteiger partial charge in [-0.2, -0.15) is 0 Å². The fourth-order valence-electron chi connectivity index (χ4n) is 2.43. The van der Waals surface area contributed by atoms with Crippen molar-refractivity contribution in [3.63, 3.8) is 0 Å². The summed E-state index contributed by atoms with van der Waals surface area (Å²) in [5.41, 5.74) is 0.117. The van der Waals surface area contributed by atoms with Gasteiger partial charge in [0.2, 0.25) is 0 Å². The van der Waals surface area contributed by atoms with Gasteiger partial charge in [0.25, 0.3) is 5.91 Å². The molecule has 0 radical (unpaired) electrons. The quantitative estimate of drug-likeness (QED) is 0.818. The van der Waals surface area contributed by atoms with Crippen molar-refractivity contribution in [2.75, 3.05) is 23.4 Å². The first kappa shape index (κ1) is 17.6. The van der Waals surface area contributed by atoms with Gasteiger partial charge in [-0.15, -0.1) is 0 Å². The van der Waals surface area contributed by atoms with Gasteiger partial charge >= 0.3 is 12.2 Å². The van der Waals surface area contributed by atoms with E-state index in [0.717, 1.165) is 4.90 Å². The lowest BCUT2D eigenvalue weighted by atomic mass is 10.2. The Morgan fingerprint density at radius 2 is 1.83 bits per heavy atom. The monoisotopic (exact) mass is 335 g/mol. The van der Waals surface area contributed by atoms with Crippen LogP contribution in [0.25, 0.3) is 0 Å². The molecule has 1 aliphatic rings. The minimum Gasteiger partial charge on any atom is -0.465 e. The summed E-state index contributed by atoms with van der Waals surface area (Å²) < 4.78 is 5.15. The SMILES string of the molecule is CN1C(=O)[C@@H](NC(=O)OC(C)(C)C)CN(C(=O)O)c2ccccc21. The normalized spacial score (nSPS) is 17.8. The van der Waals surface area contributed by atoms with Crippen LogP contribution in [-0.2, 0) is 9.53 Å². The third kappa shape index (κ3) is 3.76. The van der Waals surface area contributed by atoms with Gasteiger partial charge in [0.15, 0.2) is 0 Å². The number of rotatable bonds is 1. The average molecular weight is 335 g/mol. The fourth-order valence-corrected chi connectivity index (χ4v) is 2.43. The molecule has 2 rings (SSSR count). The molecular weight excluding hydrogens is 314 g/mol. The molecule has 2 N–H and O–H groups in total. The van der Waals surface area contributed by atoms with Crippen LogP contribution in [0.2, 0.25) is 0 Å². The standard InChI is InChI=1S/C16H21N3O5/c1-16(2,3)24-14(21)17-10-9-19(15(22)23)12-8-6-5-7-11(12)18(4)13(10)20/h5-8,10H,9H2,1-4H3,(H,17,21)(H,22,23)/t10-/m0/s1. The maximum Gasteiger partial charge on any atom is 0.411 e. The Hall–Kier alpha value is -2.77. The summed E-state index contributed by atoms with van der Waals surface area (Å²) in [6, 6.07) is 5.62. The van der Waals surface area contributed by atoms with Crippen LogP contribution < -0.4 is 15.1 Å². The molecule has 0 bridgehead atoms. The lowest BCUT2D eigenvalue weighted by Gasteiger charge is -2.25. The molecule has 1 aliphatic heterocycles. The predicted octanol–water partition coefficient (Wildman–Crippen LogP) is 2.04. The first-order valence-electron chi connectivity index (χ1n) is 7.47. The lowest BCUT2D eigenvalue weighted by molar-refractivity contribution is -0.120. The highest BCUT2D eigenvalue weighted by Crippen LogP contribution is 2.31. The maximum atomic E-state index is 12.6. The molecule has 0 spiro atoms. The van der Waals surface area contributed by atoms with Crippen LogP contribution in [0.1, 0.15) is 20.8 Å². The molecule has 0 aliphatic carbocycles. The summed E-state index contributed by atoms with van der Waals surface area (Å²) in [6.07, 6.45) is -1.98. The molecule has 3 amide bonds. The van der Waals surface area contributed by atoms with Crippen molar-refractivity contribution in [3.05, 3.63) is 24.3 Å². The van der Waals surface area contributed by atoms with Crippen molar-refractivity contribution >= 4 is 29.5 Å². The van der Waals surface area contributed by atoms with Crippen LogP contribution in [-0.4, -0.2) is 48.4 Å². The molecule has 1 atom stereocenters. The first-order valence-corrected chi connectivity index (χ1v) is 7.47. The second-order valence-corrected chi connectivity index (χ2v) is 6.48. The number of hydrogen-bond acceptors (Lipinski definition) is 4. The third-order valence-corrected chi connectivity index (χ3v) is 3.45. The number of carboxylic acid groups (broad SMARTS) is 1. The second kappa shape index (κ2) is 6.38. The van der Waals surface area contributed by atoms with Crippen LogP contribution in [0.15, 0.2) is 24.3 Å². The zero-order valence-corrected chi connectivity index (χ0v) is 14.1. The highest BCUT2D eigenvalue weighted by atomic mass is 16.6. The Labute approximate surface area is 140 Å². The van der Waals surface area contributed by atoms with E-state index >= 15 is 0 Å². The van der Waals surface area contributed by atoms with Gasteiger partial charge in [-0.3, -0.25) is 9.69 Å². The van der Waals surface area contributed by atoms with Gasteiger partial charge in [-0.25, -0.2) is 9.59 Å². The highest BCUT2D eigenvalue weighted by Gasteiger charge is 2.35. The van der Waals surface area contributed by atoms with Crippen LogP contribution in [0.5, 0.6) is 0 Å². The number of benzene rings is 1. The van der Waals surface area contributed by atoms with E-state index in [2.05, 4.69) is 5.32 Å². The zero-order chi connectivity index (χ0) is 18.1. The summed E-state index contributed by atoms with van der Waals surface area (Å²) in [6.45, 7) is 4.90. The summed E-state index contributed by atoms with van der Waals surface area (Å²) in [5.74, 6) is -0.419. The van der Waals surface area contributed by atoms with E-state index in [9.17, 15) is 19.5 Å². The molecule has 0 saturated heterocycles. The molecular formula is C16H21N3O5. The highest BCUT2D eigenvalue weighted by molar-refractivity contribution is 6.06. The molecule has 130 valence electrons. The molecule has 1 aromatic carbocycles. The van der Waals surface area contributed by atoms with Crippen molar-refractivity contribution in [3.8, 4) is 0 Å². The van der Waals surface area contributed by atoms with Gasteiger partial charge in [0.05, 0.1) is 17.9 Å². The topological polar surface area (TPSA) is 99.2 Å². The van der Waals surface area contributed by atoms with Crippen molar-refractivity contribution in [1.29, 1.82) is 0 Å². The van der Waals surface area contributed by atoms with Gasteiger partial charge in [0.1, 0.15) is 11.6 Å². The Morgan fingerprint density at radius 3 is 2.38 bits per heavy atom.